The quantitative estimate of drug-likeness (QED) is 0.850. The largest absolute Gasteiger partial charge is 0.507 e. The van der Waals surface area contributed by atoms with Crippen molar-refractivity contribution in [3.8, 4) is 5.75 Å². The van der Waals surface area contributed by atoms with E-state index in [1.165, 1.54) is 24.3 Å². The van der Waals surface area contributed by atoms with E-state index in [9.17, 15) is 18.3 Å². The maximum absolute atomic E-state index is 12.0. The molecule has 17 heavy (non-hydrogen) atoms. The average molecular weight is 254 g/mol. The minimum Gasteiger partial charge on any atom is -0.507 e. The Morgan fingerprint density at radius 3 is 2.59 bits per heavy atom. The van der Waals surface area contributed by atoms with Crippen molar-refractivity contribution in [1.29, 1.82) is 0 Å². The summed E-state index contributed by atoms with van der Waals surface area (Å²) in [7, 11) is -3.63. The fraction of sp³-hybridized carbons (Fsp3) is 0.182. The van der Waals surface area contributed by atoms with Gasteiger partial charge in [-0.25, -0.2) is 8.42 Å². The number of phenolic OH excluding ortho intramolecular Hbond substituents is 1. The van der Waals surface area contributed by atoms with E-state index in [0.717, 1.165) is 0 Å². The number of carbonyl (C=O) groups is 1. The Kier molecular flexibility index (Phi) is 2.66. The highest BCUT2D eigenvalue weighted by atomic mass is 32.2. The van der Waals surface area contributed by atoms with Gasteiger partial charge in [0.2, 0.25) is 9.84 Å². The maximum atomic E-state index is 12.0. The van der Waals surface area contributed by atoms with Gasteiger partial charge >= 0.3 is 5.97 Å². The second-order valence-corrected chi connectivity index (χ2v) is 5.67. The first kappa shape index (κ1) is 11.7. The molecule has 0 unspecified atom stereocenters. The van der Waals surface area contributed by atoms with Crippen LogP contribution in [-0.2, 0) is 14.6 Å². The predicted molar refractivity (Wildman–Crippen MR) is 60.1 cm³/mol. The topological polar surface area (TPSA) is 91.7 Å². The van der Waals surface area contributed by atoms with Gasteiger partial charge in [-0.3, -0.25) is 4.79 Å². The smallest absolute Gasteiger partial charge is 0.303 e. The van der Waals surface area contributed by atoms with Crippen LogP contribution in [0.3, 0.4) is 0 Å². The highest BCUT2D eigenvalue weighted by Crippen LogP contribution is 2.39. The van der Waals surface area contributed by atoms with Crippen LogP contribution in [-0.4, -0.2) is 24.6 Å². The highest BCUT2D eigenvalue weighted by Gasteiger charge is 2.30. The Labute approximate surface area is 97.9 Å². The summed E-state index contributed by atoms with van der Waals surface area (Å²) < 4.78 is 24.0. The van der Waals surface area contributed by atoms with E-state index >= 15 is 0 Å². The van der Waals surface area contributed by atoms with Gasteiger partial charge in [-0.1, -0.05) is 6.07 Å². The SMILES string of the molecule is O=C(O)CCC1=Cc2c(O)cccc2S1(=O)=O. The fourth-order valence-corrected chi connectivity index (χ4v) is 3.37. The fourth-order valence-electron chi connectivity index (χ4n) is 1.73. The van der Waals surface area contributed by atoms with Gasteiger partial charge in [0.25, 0.3) is 0 Å². The van der Waals surface area contributed by atoms with Gasteiger partial charge in [0.05, 0.1) is 16.2 Å². The van der Waals surface area contributed by atoms with Gasteiger partial charge in [-0.2, -0.15) is 0 Å². The number of aromatic hydroxyl groups is 1. The van der Waals surface area contributed by atoms with E-state index in [-0.39, 0.29) is 34.0 Å². The lowest BCUT2D eigenvalue weighted by molar-refractivity contribution is -0.136. The van der Waals surface area contributed by atoms with Crippen LogP contribution in [0.25, 0.3) is 6.08 Å². The summed E-state index contributed by atoms with van der Waals surface area (Å²) in [6.45, 7) is 0. The summed E-state index contributed by atoms with van der Waals surface area (Å²) in [5.41, 5.74) is 0.243. The Bertz CT molecular complexity index is 613. The lowest BCUT2D eigenvalue weighted by Gasteiger charge is -2.02. The minimum atomic E-state index is -3.63. The summed E-state index contributed by atoms with van der Waals surface area (Å²) in [4.78, 5) is 10.5. The van der Waals surface area contributed by atoms with Crippen molar-refractivity contribution in [2.24, 2.45) is 0 Å². The van der Waals surface area contributed by atoms with Crippen molar-refractivity contribution in [3.63, 3.8) is 0 Å². The van der Waals surface area contributed by atoms with Crippen molar-refractivity contribution in [1.82, 2.24) is 0 Å². The van der Waals surface area contributed by atoms with E-state index in [1.807, 2.05) is 0 Å². The second-order valence-electron chi connectivity index (χ2n) is 3.70. The molecule has 1 aromatic carbocycles. The van der Waals surface area contributed by atoms with Crippen molar-refractivity contribution in [3.05, 3.63) is 28.7 Å². The number of carboxylic acids is 1. The van der Waals surface area contributed by atoms with Crippen molar-refractivity contribution < 1.29 is 23.4 Å². The third-order valence-electron chi connectivity index (χ3n) is 2.57. The number of fused-ring (bicyclic) bond motifs is 1. The lowest BCUT2D eigenvalue weighted by atomic mass is 10.1. The Hall–Kier alpha value is -1.82. The van der Waals surface area contributed by atoms with Crippen LogP contribution in [0.4, 0.5) is 0 Å². The summed E-state index contributed by atoms with van der Waals surface area (Å²) in [5, 5.41) is 18.1. The van der Waals surface area contributed by atoms with Gasteiger partial charge in [0.15, 0.2) is 0 Å². The monoisotopic (exact) mass is 254 g/mol. The number of hydrogen-bond donors (Lipinski definition) is 2. The van der Waals surface area contributed by atoms with Crippen LogP contribution < -0.4 is 0 Å². The maximum Gasteiger partial charge on any atom is 0.303 e. The molecule has 2 rings (SSSR count). The summed E-state index contributed by atoms with van der Waals surface area (Å²) in [6, 6.07) is 4.24. The van der Waals surface area contributed by atoms with Crippen LogP contribution in [0.1, 0.15) is 18.4 Å². The standard InChI is InChI=1S/C11H10O5S/c12-9-2-1-3-10-8(9)6-7(17(10,15)16)4-5-11(13)14/h1-3,6,12H,4-5H2,(H,13,14). The van der Waals surface area contributed by atoms with E-state index in [2.05, 4.69) is 0 Å². The Balaban J connectivity index is 2.44. The molecule has 1 aliphatic rings. The molecule has 0 amide bonds. The molecule has 1 aliphatic heterocycles. The van der Waals surface area contributed by atoms with E-state index in [0.29, 0.717) is 0 Å². The first-order chi connectivity index (χ1) is 7.93. The van der Waals surface area contributed by atoms with Crippen LogP contribution in [0.2, 0.25) is 0 Å². The average Bonchev–Trinajstić information content (AvgIpc) is 2.50. The Morgan fingerprint density at radius 2 is 2.00 bits per heavy atom. The molecule has 1 aromatic rings. The molecule has 90 valence electrons. The van der Waals surface area contributed by atoms with Gasteiger partial charge in [-0.05, 0) is 24.6 Å². The van der Waals surface area contributed by atoms with E-state index in [4.69, 9.17) is 5.11 Å². The molecule has 0 saturated heterocycles. The van der Waals surface area contributed by atoms with Crippen LogP contribution >= 0.6 is 0 Å². The van der Waals surface area contributed by atoms with Crippen LogP contribution in [0.15, 0.2) is 28.0 Å². The molecule has 0 saturated carbocycles. The van der Waals surface area contributed by atoms with Gasteiger partial charge < -0.3 is 10.2 Å². The number of hydrogen-bond acceptors (Lipinski definition) is 4. The van der Waals surface area contributed by atoms with Gasteiger partial charge in [0.1, 0.15) is 5.75 Å². The number of aliphatic carboxylic acids is 1. The number of rotatable bonds is 3. The van der Waals surface area contributed by atoms with Crippen molar-refractivity contribution in [2.45, 2.75) is 17.7 Å². The minimum absolute atomic E-state index is 0.0383. The molecular weight excluding hydrogens is 244 g/mol. The van der Waals surface area contributed by atoms with Gasteiger partial charge in [0, 0.05) is 5.56 Å². The molecule has 5 nitrogen and oxygen atoms in total. The zero-order valence-corrected chi connectivity index (χ0v) is 9.57. The molecule has 6 heteroatoms. The third-order valence-corrected chi connectivity index (χ3v) is 4.52. The zero-order valence-electron chi connectivity index (χ0n) is 8.75. The first-order valence-electron chi connectivity index (χ1n) is 4.92. The molecule has 0 radical (unpaired) electrons. The summed E-state index contributed by atoms with van der Waals surface area (Å²) >= 11 is 0. The van der Waals surface area contributed by atoms with Crippen molar-refractivity contribution >= 4 is 21.9 Å². The molecule has 0 spiro atoms. The second kappa shape index (κ2) is 3.89. The summed E-state index contributed by atoms with van der Waals surface area (Å²) in [5.74, 6) is -1.17. The predicted octanol–water partition coefficient (Wildman–Crippen LogP) is 1.39. The number of phenols is 1. The molecule has 1 heterocycles. The van der Waals surface area contributed by atoms with Gasteiger partial charge in [-0.15, -0.1) is 0 Å². The van der Waals surface area contributed by atoms with Crippen LogP contribution in [0, 0.1) is 0 Å². The molecule has 0 aliphatic carbocycles. The molecule has 0 bridgehead atoms. The number of benzene rings is 1. The van der Waals surface area contributed by atoms with Crippen LogP contribution in [0.5, 0.6) is 5.75 Å². The normalized spacial score (nSPS) is 16.4. The molecule has 2 N–H and O–H groups in total. The third kappa shape index (κ3) is 1.91. The molecule has 0 fully saturated rings. The highest BCUT2D eigenvalue weighted by molar-refractivity contribution is 7.95. The zero-order chi connectivity index (χ0) is 12.6. The van der Waals surface area contributed by atoms with E-state index in [1.54, 1.807) is 0 Å². The number of sulfone groups is 1. The number of carboxylic acid groups (broad SMARTS) is 1. The van der Waals surface area contributed by atoms with E-state index < -0.39 is 15.8 Å². The Morgan fingerprint density at radius 1 is 1.29 bits per heavy atom. The number of allylic oxidation sites excluding steroid dienone is 1. The molecule has 0 atom stereocenters. The van der Waals surface area contributed by atoms with Crippen molar-refractivity contribution in [2.75, 3.05) is 0 Å². The molecule has 0 aromatic heterocycles. The molecular formula is C11H10O5S. The first-order valence-corrected chi connectivity index (χ1v) is 6.40. The lowest BCUT2D eigenvalue weighted by Crippen LogP contribution is -2.03. The summed E-state index contributed by atoms with van der Waals surface area (Å²) in [6.07, 6.45) is 1.02.